The van der Waals surface area contributed by atoms with Gasteiger partial charge >= 0.3 is 0 Å². The van der Waals surface area contributed by atoms with Gasteiger partial charge in [-0.25, -0.2) is 15.0 Å². The molecule has 5 heteroatoms. The van der Waals surface area contributed by atoms with E-state index in [0.29, 0.717) is 17.5 Å². The summed E-state index contributed by atoms with van der Waals surface area (Å²) in [5, 5.41) is 5.00. The fourth-order valence-corrected chi connectivity index (χ4v) is 9.22. The van der Waals surface area contributed by atoms with Crippen LogP contribution in [-0.2, 0) is 0 Å². The minimum Gasteiger partial charge on any atom is -0.307 e. The van der Waals surface area contributed by atoms with Crippen molar-refractivity contribution in [3.8, 4) is 62.1 Å². The van der Waals surface area contributed by atoms with Gasteiger partial charge in [0.2, 0.25) is 0 Å². The average Bonchev–Trinajstić information content (AvgIpc) is 3.83. The Morgan fingerprint density at radius 1 is 0.357 bits per heavy atom. The quantitative estimate of drug-likeness (QED) is 0.171. The maximum Gasteiger partial charge on any atom is 0.164 e. The Morgan fingerprint density at radius 2 is 0.821 bits per heavy atom. The van der Waals surface area contributed by atoms with Crippen molar-refractivity contribution >= 4 is 53.3 Å². The van der Waals surface area contributed by atoms with E-state index in [2.05, 4.69) is 162 Å². The summed E-state index contributed by atoms with van der Waals surface area (Å²) in [5.41, 5.74) is 10.7. The first kappa shape index (κ1) is 32.2. The number of benzene rings is 8. The molecule has 0 saturated heterocycles. The normalized spacial score (nSPS) is 11.6. The van der Waals surface area contributed by atoms with Crippen molar-refractivity contribution in [2.45, 2.75) is 0 Å². The van der Waals surface area contributed by atoms with Crippen LogP contribution in [0.3, 0.4) is 0 Å². The molecule has 0 aliphatic heterocycles. The Labute approximate surface area is 327 Å². The number of thiophene rings is 1. The van der Waals surface area contributed by atoms with Crippen LogP contribution < -0.4 is 0 Å². The van der Waals surface area contributed by atoms with Gasteiger partial charge < -0.3 is 4.57 Å². The largest absolute Gasteiger partial charge is 0.307 e. The second-order valence-corrected chi connectivity index (χ2v) is 15.1. The van der Waals surface area contributed by atoms with E-state index < -0.39 is 0 Å². The number of para-hydroxylation sites is 1. The summed E-state index contributed by atoms with van der Waals surface area (Å²) in [6.07, 6.45) is 0. The Kier molecular flexibility index (Phi) is 7.64. The van der Waals surface area contributed by atoms with Crippen LogP contribution in [0.5, 0.6) is 0 Å². The zero-order chi connectivity index (χ0) is 37.0. The van der Waals surface area contributed by atoms with Gasteiger partial charge in [-0.2, -0.15) is 0 Å². The van der Waals surface area contributed by atoms with Crippen LogP contribution in [-0.4, -0.2) is 19.5 Å². The predicted octanol–water partition coefficient (Wildman–Crippen LogP) is 13.7. The second kappa shape index (κ2) is 13.3. The molecule has 0 radical (unpaired) electrons. The highest BCUT2D eigenvalue weighted by atomic mass is 32.1. The van der Waals surface area contributed by atoms with Crippen LogP contribution in [0.15, 0.2) is 194 Å². The molecule has 0 aliphatic carbocycles. The Bertz CT molecular complexity index is 3110. The first-order valence-electron chi connectivity index (χ1n) is 18.8. The molecule has 0 unspecified atom stereocenters. The molecule has 3 heterocycles. The Morgan fingerprint density at radius 3 is 1.39 bits per heavy atom. The number of nitrogens with zero attached hydrogens (tertiary/aromatic N) is 4. The van der Waals surface area contributed by atoms with Crippen molar-refractivity contribution in [2.24, 2.45) is 0 Å². The maximum atomic E-state index is 5.20. The SMILES string of the molecule is c1ccc(-c2nc(-c3ccccc3)nc(-c3cc(-c4ccccc4)c(-n4c5ccccc5c5ccc6sc7ccccc7c6c54)c(-c4ccccc4)c3)n2)cc1. The highest BCUT2D eigenvalue weighted by molar-refractivity contribution is 7.26. The lowest BCUT2D eigenvalue weighted by Gasteiger charge is -2.21. The van der Waals surface area contributed by atoms with E-state index in [1.54, 1.807) is 0 Å². The lowest BCUT2D eigenvalue weighted by Crippen LogP contribution is -2.04. The van der Waals surface area contributed by atoms with Crippen LogP contribution in [0.25, 0.3) is 104 Å². The number of hydrogen-bond acceptors (Lipinski definition) is 4. The lowest BCUT2D eigenvalue weighted by molar-refractivity contribution is 1.07. The summed E-state index contributed by atoms with van der Waals surface area (Å²) in [5.74, 6) is 1.89. The van der Waals surface area contributed by atoms with E-state index in [1.165, 1.54) is 36.5 Å². The minimum absolute atomic E-state index is 0.618. The Hall–Kier alpha value is -7.21. The third-order valence-electron chi connectivity index (χ3n) is 10.6. The van der Waals surface area contributed by atoms with E-state index in [1.807, 2.05) is 47.7 Å². The molecule has 8 aromatic carbocycles. The maximum absolute atomic E-state index is 5.20. The van der Waals surface area contributed by atoms with E-state index in [4.69, 9.17) is 15.0 Å². The molecule has 262 valence electrons. The highest BCUT2D eigenvalue weighted by Gasteiger charge is 2.25. The first-order valence-corrected chi connectivity index (χ1v) is 19.6. The van der Waals surface area contributed by atoms with Gasteiger partial charge in [0.05, 0.1) is 16.7 Å². The zero-order valence-corrected chi connectivity index (χ0v) is 31.0. The van der Waals surface area contributed by atoms with Crippen LogP contribution in [0.1, 0.15) is 0 Å². The number of fused-ring (bicyclic) bond motifs is 7. The van der Waals surface area contributed by atoms with Crippen molar-refractivity contribution < 1.29 is 0 Å². The summed E-state index contributed by atoms with van der Waals surface area (Å²) >= 11 is 1.85. The fourth-order valence-electron chi connectivity index (χ4n) is 8.12. The van der Waals surface area contributed by atoms with Gasteiger partial charge in [-0.05, 0) is 41.5 Å². The molecule has 0 saturated carbocycles. The molecule has 0 spiro atoms. The van der Waals surface area contributed by atoms with Gasteiger partial charge in [-0.3, -0.25) is 0 Å². The summed E-state index contributed by atoms with van der Waals surface area (Å²) in [6, 6.07) is 68.6. The number of hydrogen-bond donors (Lipinski definition) is 0. The van der Waals surface area contributed by atoms with Gasteiger partial charge in [0.15, 0.2) is 17.5 Å². The summed E-state index contributed by atoms with van der Waals surface area (Å²) in [4.78, 5) is 15.4. The van der Waals surface area contributed by atoms with Crippen LogP contribution in [0.2, 0.25) is 0 Å². The molecular formula is C51H32N4S. The number of aromatic nitrogens is 4. The molecule has 0 aliphatic rings. The zero-order valence-electron chi connectivity index (χ0n) is 30.2. The van der Waals surface area contributed by atoms with Crippen molar-refractivity contribution in [3.63, 3.8) is 0 Å². The van der Waals surface area contributed by atoms with Crippen LogP contribution in [0, 0.1) is 0 Å². The third-order valence-corrected chi connectivity index (χ3v) is 11.8. The predicted molar refractivity (Wildman–Crippen MR) is 234 cm³/mol. The molecule has 0 fully saturated rings. The number of rotatable bonds is 6. The summed E-state index contributed by atoms with van der Waals surface area (Å²) < 4.78 is 5.08. The lowest BCUT2D eigenvalue weighted by atomic mass is 9.92. The van der Waals surface area contributed by atoms with Gasteiger partial charge in [0.1, 0.15) is 0 Å². The van der Waals surface area contributed by atoms with Crippen molar-refractivity contribution in [1.82, 2.24) is 19.5 Å². The van der Waals surface area contributed by atoms with Gasteiger partial charge in [-0.15, -0.1) is 11.3 Å². The minimum atomic E-state index is 0.618. The third kappa shape index (κ3) is 5.32. The molecule has 0 bridgehead atoms. The van der Waals surface area contributed by atoms with Gasteiger partial charge in [0, 0.05) is 58.8 Å². The van der Waals surface area contributed by atoms with E-state index in [0.717, 1.165) is 50.1 Å². The van der Waals surface area contributed by atoms with E-state index in [9.17, 15) is 0 Å². The molecular weight excluding hydrogens is 701 g/mol. The molecule has 0 N–H and O–H groups in total. The van der Waals surface area contributed by atoms with Crippen LogP contribution in [0.4, 0.5) is 0 Å². The summed E-state index contributed by atoms with van der Waals surface area (Å²) in [6.45, 7) is 0. The molecule has 0 amide bonds. The first-order chi connectivity index (χ1) is 27.8. The smallest absolute Gasteiger partial charge is 0.164 e. The molecule has 56 heavy (non-hydrogen) atoms. The van der Waals surface area contributed by atoms with E-state index >= 15 is 0 Å². The van der Waals surface area contributed by atoms with Crippen molar-refractivity contribution in [1.29, 1.82) is 0 Å². The van der Waals surface area contributed by atoms with Crippen LogP contribution >= 0.6 is 11.3 Å². The monoisotopic (exact) mass is 732 g/mol. The molecule has 11 aromatic rings. The Balaban J connectivity index is 1.30. The second-order valence-electron chi connectivity index (χ2n) is 14.0. The highest BCUT2D eigenvalue weighted by Crippen LogP contribution is 2.47. The summed E-state index contributed by atoms with van der Waals surface area (Å²) in [7, 11) is 0. The standard InChI is InChI=1S/C51H32N4S/c1-5-17-33(18-6-1)41-31-37(51-53-49(35-21-9-3-10-22-35)52-50(54-51)36-23-11-4-12-24-36)32-42(34-19-7-2-8-20-34)47(41)55-43-27-15-13-25-38(43)39-29-30-45-46(48(39)55)40-26-14-16-28-44(40)56-45/h1-32H. The fraction of sp³-hybridized carbons (Fsp3) is 0. The van der Waals surface area contributed by atoms with Gasteiger partial charge in [0.25, 0.3) is 0 Å². The molecule has 0 atom stereocenters. The van der Waals surface area contributed by atoms with Crippen molar-refractivity contribution in [3.05, 3.63) is 194 Å². The van der Waals surface area contributed by atoms with Gasteiger partial charge in [-0.1, -0.05) is 164 Å². The molecule has 11 rings (SSSR count). The molecule has 4 nitrogen and oxygen atoms in total. The molecule has 3 aromatic heterocycles. The van der Waals surface area contributed by atoms with E-state index in [-0.39, 0.29) is 0 Å². The average molecular weight is 733 g/mol. The van der Waals surface area contributed by atoms with Crippen molar-refractivity contribution in [2.75, 3.05) is 0 Å². The topological polar surface area (TPSA) is 43.6 Å².